The summed E-state index contributed by atoms with van der Waals surface area (Å²) >= 11 is 0. The van der Waals surface area contributed by atoms with Crippen LogP contribution >= 0.6 is 0 Å². The Morgan fingerprint density at radius 3 is 2.93 bits per heavy atom. The molecule has 1 saturated heterocycles. The predicted octanol–water partition coefficient (Wildman–Crippen LogP) is -0.0802. The Morgan fingerprint density at radius 2 is 2.36 bits per heavy atom. The molecule has 1 aliphatic heterocycles. The summed E-state index contributed by atoms with van der Waals surface area (Å²) in [5, 5.41) is 9.00. The van der Waals surface area contributed by atoms with Gasteiger partial charge < -0.3 is 14.6 Å². The van der Waals surface area contributed by atoms with Crippen LogP contribution in [0.4, 0.5) is 0 Å². The summed E-state index contributed by atoms with van der Waals surface area (Å²) < 4.78 is 21.7. The lowest BCUT2D eigenvalue weighted by molar-refractivity contribution is -0.0407. The van der Waals surface area contributed by atoms with E-state index < -0.39 is 10.8 Å². The average molecular weight is 222 g/mol. The summed E-state index contributed by atoms with van der Waals surface area (Å²) in [4.78, 5) is 0. The van der Waals surface area contributed by atoms with Gasteiger partial charge in [-0.3, -0.25) is 4.21 Å². The van der Waals surface area contributed by atoms with Crippen LogP contribution in [0.25, 0.3) is 0 Å². The van der Waals surface area contributed by atoms with E-state index in [1.54, 1.807) is 6.26 Å². The molecule has 0 bridgehead atoms. The molecule has 0 amide bonds. The van der Waals surface area contributed by atoms with E-state index in [1.807, 2.05) is 6.92 Å². The van der Waals surface area contributed by atoms with Crippen LogP contribution in [0.1, 0.15) is 13.3 Å². The Balaban J connectivity index is 2.25. The molecule has 0 saturated carbocycles. The normalized spacial score (nSPS) is 34.6. The zero-order valence-corrected chi connectivity index (χ0v) is 9.46. The predicted molar refractivity (Wildman–Crippen MR) is 54.7 cm³/mol. The summed E-state index contributed by atoms with van der Waals surface area (Å²) in [6, 6.07) is 0. The second kappa shape index (κ2) is 5.80. The number of aliphatic hydroxyl groups excluding tert-OH is 1. The van der Waals surface area contributed by atoms with Gasteiger partial charge in [0, 0.05) is 29.2 Å². The van der Waals surface area contributed by atoms with E-state index in [2.05, 4.69) is 0 Å². The van der Waals surface area contributed by atoms with Gasteiger partial charge in [-0.25, -0.2) is 0 Å². The maximum Gasteiger partial charge on any atom is 0.107 e. The maximum absolute atomic E-state index is 10.8. The lowest BCUT2D eigenvalue weighted by Crippen LogP contribution is -2.29. The number of rotatable bonds is 5. The Kier molecular flexibility index (Phi) is 5.01. The lowest BCUT2D eigenvalue weighted by Gasteiger charge is -2.16. The quantitative estimate of drug-likeness (QED) is 0.707. The fourth-order valence-corrected chi connectivity index (χ4v) is 1.90. The number of hydrogen-bond acceptors (Lipinski definition) is 4. The molecule has 4 nitrogen and oxygen atoms in total. The number of ether oxygens (including phenoxy) is 2. The van der Waals surface area contributed by atoms with Crippen molar-refractivity contribution < 1.29 is 18.8 Å². The molecule has 0 radical (unpaired) electrons. The first kappa shape index (κ1) is 12.1. The van der Waals surface area contributed by atoms with Crippen molar-refractivity contribution in [1.29, 1.82) is 0 Å². The first-order valence-electron chi connectivity index (χ1n) is 4.81. The zero-order valence-electron chi connectivity index (χ0n) is 8.64. The Bertz CT molecular complexity index is 197. The van der Waals surface area contributed by atoms with Crippen molar-refractivity contribution in [3.05, 3.63) is 0 Å². The van der Waals surface area contributed by atoms with Crippen molar-refractivity contribution in [3.8, 4) is 0 Å². The number of hydrogen-bond donors (Lipinski definition) is 1. The highest BCUT2D eigenvalue weighted by Gasteiger charge is 2.32. The zero-order chi connectivity index (χ0) is 10.6. The molecule has 14 heavy (non-hydrogen) atoms. The molecule has 1 fully saturated rings. The summed E-state index contributed by atoms with van der Waals surface area (Å²) in [6.07, 6.45) is 2.35. The van der Waals surface area contributed by atoms with Crippen molar-refractivity contribution >= 4 is 10.8 Å². The van der Waals surface area contributed by atoms with Crippen LogP contribution in [-0.4, -0.2) is 52.8 Å². The third-order valence-corrected chi connectivity index (χ3v) is 3.01. The summed E-state index contributed by atoms with van der Waals surface area (Å²) in [5.41, 5.74) is 0. The highest BCUT2D eigenvalue weighted by Crippen LogP contribution is 2.22. The van der Waals surface area contributed by atoms with Gasteiger partial charge in [-0.05, 0) is 6.92 Å². The van der Waals surface area contributed by atoms with Gasteiger partial charge >= 0.3 is 0 Å². The van der Waals surface area contributed by atoms with E-state index in [0.29, 0.717) is 12.4 Å². The molecule has 0 aromatic heterocycles. The van der Waals surface area contributed by atoms with Gasteiger partial charge in [-0.15, -0.1) is 0 Å². The van der Waals surface area contributed by atoms with E-state index in [1.165, 1.54) is 0 Å². The molecule has 0 aromatic carbocycles. The molecule has 84 valence electrons. The second-order valence-electron chi connectivity index (χ2n) is 3.59. The third kappa shape index (κ3) is 3.65. The summed E-state index contributed by atoms with van der Waals surface area (Å²) in [7, 11) is -0.816. The molecule has 1 aliphatic rings. The van der Waals surface area contributed by atoms with Gasteiger partial charge in [-0.2, -0.15) is 0 Å². The van der Waals surface area contributed by atoms with Crippen LogP contribution in [0.2, 0.25) is 0 Å². The van der Waals surface area contributed by atoms with Crippen molar-refractivity contribution in [2.24, 2.45) is 0 Å². The Labute approximate surface area is 87.0 Å². The minimum atomic E-state index is -0.816. The largest absolute Gasteiger partial charge is 0.394 e. The third-order valence-electron chi connectivity index (χ3n) is 2.27. The van der Waals surface area contributed by atoms with Gasteiger partial charge in [0.05, 0.1) is 25.4 Å². The Morgan fingerprint density at radius 1 is 1.64 bits per heavy atom. The average Bonchev–Trinajstić information content (AvgIpc) is 2.45. The fraction of sp³-hybridized carbons (Fsp3) is 1.00. The highest BCUT2D eigenvalue weighted by atomic mass is 32.2. The SMILES string of the molecule is C[C@H]1C[C@@H](OCCS(C)=O)[C@@H](CO)O1. The molecule has 4 atom stereocenters. The molecule has 0 aliphatic carbocycles. The highest BCUT2D eigenvalue weighted by molar-refractivity contribution is 7.84. The fourth-order valence-electron chi connectivity index (χ4n) is 1.57. The molecule has 0 aromatic rings. The molecular weight excluding hydrogens is 204 g/mol. The minimum absolute atomic E-state index is 0.00970. The van der Waals surface area contributed by atoms with Crippen LogP contribution in [-0.2, 0) is 20.3 Å². The van der Waals surface area contributed by atoms with E-state index in [4.69, 9.17) is 14.6 Å². The standard InChI is InChI=1S/C9H18O4S/c1-7-5-8(9(6-10)13-7)12-3-4-14(2)11/h7-10H,3-6H2,1-2H3/t7-,8+,9+,14?/m0/s1. The van der Waals surface area contributed by atoms with E-state index >= 15 is 0 Å². The minimum Gasteiger partial charge on any atom is -0.394 e. The molecule has 1 rings (SSSR count). The van der Waals surface area contributed by atoms with Gasteiger partial charge in [0.15, 0.2) is 0 Å². The summed E-state index contributed by atoms with van der Waals surface area (Å²) in [5.74, 6) is 0.545. The molecule has 0 spiro atoms. The Hall–Kier alpha value is 0.0300. The monoisotopic (exact) mass is 222 g/mol. The molecule has 1 unspecified atom stereocenters. The molecule has 5 heteroatoms. The molecular formula is C9H18O4S. The maximum atomic E-state index is 10.8. The number of aliphatic hydroxyl groups is 1. The van der Waals surface area contributed by atoms with Crippen LogP contribution in [0.3, 0.4) is 0 Å². The van der Waals surface area contributed by atoms with Gasteiger partial charge in [-0.1, -0.05) is 0 Å². The van der Waals surface area contributed by atoms with E-state index in [-0.39, 0.29) is 24.9 Å². The van der Waals surface area contributed by atoms with Crippen LogP contribution in [0.15, 0.2) is 0 Å². The van der Waals surface area contributed by atoms with Crippen LogP contribution in [0, 0.1) is 0 Å². The topological polar surface area (TPSA) is 55.8 Å². The lowest BCUT2D eigenvalue weighted by atomic mass is 10.1. The van der Waals surface area contributed by atoms with Gasteiger partial charge in [0.25, 0.3) is 0 Å². The first-order chi connectivity index (χ1) is 6.63. The van der Waals surface area contributed by atoms with E-state index in [0.717, 1.165) is 6.42 Å². The molecule has 1 heterocycles. The second-order valence-corrected chi connectivity index (χ2v) is 5.14. The molecule has 1 N–H and O–H groups in total. The van der Waals surface area contributed by atoms with Crippen molar-refractivity contribution in [2.75, 3.05) is 25.2 Å². The van der Waals surface area contributed by atoms with Crippen LogP contribution in [0.5, 0.6) is 0 Å². The van der Waals surface area contributed by atoms with Gasteiger partial charge in [0.2, 0.25) is 0 Å². The van der Waals surface area contributed by atoms with Crippen molar-refractivity contribution in [1.82, 2.24) is 0 Å². The first-order valence-corrected chi connectivity index (χ1v) is 6.54. The van der Waals surface area contributed by atoms with E-state index in [9.17, 15) is 4.21 Å². The van der Waals surface area contributed by atoms with Crippen LogP contribution < -0.4 is 0 Å². The summed E-state index contributed by atoms with van der Waals surface area (Å²) in [6.45, 7) is 2.43. The van der Waals surface area contributed by atoms with Gasteiger partial charge in [0.1, 0.15) is 6.10 Å². The smallest absolute Gasteiger partial charge is 0.107 e. The van der Waals surface area contributed by atoms with Crippen molar-refractivity contribution in [2.45, 2.75) is 31.7 Å². The van der Waals surface area contributed by atoms with Crippen molar-refractivity contribution in [3.63, 3.8) is 0 Å².